The number of aliphatic carboxylic acids is 1. The number of halogens is 3. The number of hydrogen-bond donors (Lipinski definition) is 1. The molecule has 0 radical (unpaired) electrons. The van der Waals surface area contributed by atoms with Crippen molar-refractivity contribution in [3.8, 4) is 5.75 Å². The summed E-state index contributed by atoms with van der Waals surface area (Å²) in [5, 5.41) is 8.98. The maximum atomic E-state index is 12.1. The summed E-state index contributed by atoms with van der Waals surface area (Å²) in [7, 11) is 0. The summed E-state index contributed by atoms with van der Waals surface area (Å²) in [5.41, 5.74) is 2.31. The fourth-order valence-electron chi connectivity index (χ4n) is 2.45. The number of carboxylic acids is 1. The number of rotatable bonds is 8. The van der Waals surface area contributed by atoms with E-state index < -0.39 is 18.6 Å². The summed E-state index contributed by atoms with van der Waals surface area (Å²) in [6, 6.07) is 7.12. The molecule has 0 bridgehead atoms. The van der Waals surface area contributed by atoms with Gasteiger partial charge in [-0.2, -0.15) is 13.2 Å². The van der Waals surface area contributed by atoms with Crippen LogP contribution in [0.2, 0.25) is 0 Å². The Bertz CT molecular complexity index is 754. The number of alkyl halides is 3. The van der Waals surface area contributed by atoms with Crippen molar-refractivity contribution in [1.29, 1.82) is 0 Å². The molecule has 1 aliphatic rings. The summed E-state index contributed by atoms with van der Waals surface area (Å²) in [6.07, 6.45) is 7.11. The second-order valence-corrected chi connectivity index (χ2v) is 6.10. The summed E-state index contributed by atoms with van der Waals surface area (Å²) in [5.74, 6) is -0.405. The van der Waals surface area contributed by atoms with Gasteiger partial charge in [0.1, 0.15) is 5.75 Å². The zero-order valence-corrected chi connectivity index (χ0v) is 14.7. The topological polar surface area (TPSA) is 46.5 Å². The Hall–Kier alpha value is -2.76. The number of ether oxygens (including phenoxy) is 1. The fraction of sp³-hybridized carbons (Fsp3) is 0.286. The van der Waals surface area contributed by atoms with Crippen LogP contribution in [0.4, 0.5) is 13.2 Å². The van der Waals surface area contributed by atoms with E-state index in [0.29, 0.717) is 18.6 Å². The van der Waals surface area contributed by atoms with Crippen LogP contribution in [-0.2, 0) is 4.79 Å². The van der Waals surface area contributed by atoms with E-state index in [1.807, 2.05) is 36.4 Å². The molecule has 1 aliphatic carbocycles. The van der Waals surface area contributed by atoms with Crippen molar-refractivity contribution >= 4 is 12.0 Å². The minimum Gasteiger partial charge on any atom is -0.494 e. The van der Waals surface area contributed by atoms with Crippen molar-refractivity contribution in [2.75, 3.05) is 6.61 Å². The normalized spacial score (nSPS) is 14.6. The standard InChI is InChI=1S/C21H21F3O3/c22-21(23,24)14-3-15-27-19-12-9-17(10-13-19)5-1-4-16-6-2-7-18(11-8-16)20(25)26/h1-2,5,7-13H,3-4,6,14-15H2,(H,25,26)/b5-1+. The zero-order valence-electron chi connectivity index (χ0n) is 14.7. The maximum absolute atomic E-state index is 12.1. The fourth-order valence-corrected chi connectivity index (χ4v) is 2.45. The number of hydrogen-bond acceptors (Lipinski definition) is 2. The third kappa shape index (κ3) is 7.98. The van der Waals surface area contributed by atoms with E-state index in [1.54, 1.807) is 24.3 Å². The molecule has 2 rings (SSSR count). The Morgan fingerprint density at radius 3 is 2.59 bits per heavy atom. The molecule has 1 aromatic carbocycles. The highest BCUT2D eigenvalue weighted by Gasteiger charge is 2.26. The van der Waals surface area contributed by atoms with E-state index in [4.69, 9.17) is 9.84 Å². The molecule has 0 fully saturated rings. The van der Waals surface area contributed by atoms with E-state index >= 15 is 0 Å². The highest BCUT2D eigenvalue weighted by molar-refractivity contribution is 5.90. The molecule has 6 heteroatoms. The van der Waals surface area contributed by atoms with Crippen LogP contribution in [0.15, 0.2) is 65.8 Å². The summed E-state index contributed by atoms with van der Waals surface area (Å²) in [4.78, 5) is 10.9. The van der Waals surface area contributed by atoms with Crippen LogP contribution >= 0.6 is 0 Å². The molecule has 0 saturated carbocycles. The van der Waals surface area contributed by atoms with Crippen LogP contribution in [-0.4, -0.2) is 23.9 Å². The zero-order chi connectivity index (χ0) is 19.7. The average Bonchev–Trinajstić information content (AvgIpc) is 2.85. The molecule has 0 aromatic heterocycles. The third-order valence-corrected chi connectivity index (χ3v) is 3.87. The first-order valence-corrected chi connectivity index (χ1v) is 8.59. The summed E-state index contributed by atoms with van der Waals surface area (Å²) >= 11 is 0. The monoisotopic (exact) mass is 378 g/mol. The van der Waals surface area contributed by atoms with Gasteiger partial charge in [0, 0.05) is 6.42 Å². The maximum Gasteiger partial charge on any atom is 0.389 e. The van der Waals surface area contributed by atoms with E-state index in [2.05, 4.69) is 0 Å². The lowest BCUT2D eigenvalue weighted by molar-refractivity contribution is -0.136. The van der Waals surface area contributed by atoms with E-state index in [-0.39, 0.29) is 18.6 Å². The van der Waals surface area contributed by atoms with Gasteiger partial charge in [-0.15, -0.1) is 0 Å². The highest BCUT2D eigenvalue weighted by atomic mass is 19.4. The SMILES string of the molecule is O=C(O)C1=CC=C(C/C=C/c2ccc(OCCCC(F)(F)F)cc2)CC=C1. The molecule has 1 aromatic rings. The largest absolute Gasteiger partial charge is 0.494 e. The first-order valence-electron chi connectivity index (χ1n) is 8.59. The lowest BCUT2D eigenvalue weighted by atomic mass is 10.1. The molecule has 0 heterocycles. The molecule has 0 aliphatic heterocycles. The Morgan fingerprint density at radius 2 is 1.93 bits per heavy atom. The minimum absolute atomic E-state index is 0.0300. The van der Waals surface area contributed by atoms with E-state index in [0.717, 1.165) is 11.1 Å². The molecular weight excluding hydrogens is 357 g/mol. The quantitative estimate of drug-likeness (QED) is 0.590. The molecule has 3 nitrogen and oxygen atoms in total. The van der Waals surface area contributed by atoms with Gasteiger partial charge < -0.3 is 9.84 Å². The van der Waals surface area contributed by atoms with Crippen molar-refractivity contribution in [3.05, 3.63) is 71.4 Å². The van der Waals surface area contributed by atoms with Gasteiger partial charge in [-0.05, 0) is 43.0 Å². The first-order chi connectivity index (χ1) is 12.8. The van der Waals surface area contributed by atoms with Gasteiger partial charge in [-0.25, -0.2) is 4.79 Å². The predicted molar refractivity (Wildman–Crippen MR) is 98.4 cm³/mol. The smallest absolute Gasteiger partial charge is 0.389 e. The van der Waals surface area contributed by atoms with Crippen LogP contribution in [0, 0.1) is 0 Å². The number of carbonyl (C=O) groups is 1. The van der Waals surface area contributed by atoms with Gasteiger partial charge in [0.05, 0.1) is 12.2 Å². The third-order valence-electron chi connectivity index (χ3n) is 3.87. The van der Waals surface area contributed by atoms with Crippen molar-refractivity contribution in [1.82, 2.24) is 0 Å². The van der Waals surface area contributed by atoms with Gasteiger partial charge in [-0.1, -0.05) is 48.1 Å². The molecule has 0 amide bonds. The van der Waals surface area contributed by atoms with Crippen LogP contribution < -0.4 is 4.74 Å². The lowest BCUT2D eigenvalue weighted by Gasteiger charge is -2.08. The molecule has 0 spiro atoms. The minimum atomic E-state index is -4.15. The second-order valence-electron chi connectivity index (χ2n) is 6.10. The van der Waals surface area contributed by atoms with Gasteiger partial charge in [0.2, 0.25) is 0 Å². The number of allylic oxidation sites excluding steroid dienone is 5. The molecular formula is C21H21F3O3. The predicted octanol–water partition coefficient (Wildman–Crippen LogP) is 5.71. The van der Waals surface area contributed by atoms with Gasteiger partial charge in [0.15, 0.2) is 0 Å². The van der Waals surface area contributed by atoms with Crippen LogP contribution in [0.3, 0.4) is 0 Å². The molecule has 1 N–H and O–H groups in total. The molecule has 144 valence electrons. The Kier molecular flexibility index (Phi) is 7.46. The molecule has 27 heavy (non-hydrogen) atoms. The van der Waals surface area contributed by atoms with Crippen LogP contribution in [0.5, 0.6) is 5.75 Å². The van der Waals surface area contributed by atoms with Gasteiger partial charge in [-0.3, -0.25) is 0 Å². The average molecular weight is 378 g/mol. The van der Waals surface area contributed by atoms with Crippen molar-refractivity contribution in [3.63, 3.8) is 0 Å². The van der Waals surface area contributed by atoms with Gasteiger partial charge in [0.25, 0.3) is 0 Å². The molecule has 0 atom stereocenters. The number of benzene rings is 1. The van der Waals surface area contributed by atoms with Gasteiger partial charge >= 0.3 is 12.1 Å². The van der Waals surface area contributed by atoms with Crippen LogP contribution in [0.25, 0.3) is 6.08 Å². The highest BCUT2D eigenvalue weighted by Crippen LogP contribution is 2.22. The Labute approximate surface area is 156 Å². The van der Waals surface area contributed by atoms with Crippen LogP contribution in [0.1, 0.15) is 31.2 Å². The first kappa shape index (κ1) is 20.6. The molecule has 0 unspecified atom stereocenters. The second kappa shape index (κ2) is 9.80. The number of carboxylic acid groups (broad SMARTS) is 1. The van der Waals surface area contributed by atoms with E-state index in [9.17, 15) is 18.0 Å². The lowest BCUT2D eigenvalue weighted by Crippen LogP contribution is -2.09. The Balaban J connectivity index is 1.80. The summed E-state index contributed by atoms with van der Waals surface area (Å²) in [6.45, 7) is 0.0300. The summed E-state index contributed by atoms with van der Waals surface area (Å²) < 4.78 is 41.5. The van der Waals surface area contributed by atoms with E-state index in [1.165, 1.54) is 0 Å². The van der Waals surface area contributed by atoms with Crippen molar-refractivity contribution in [2.24, 2.45) is 0 Å². The van der Waals surface area contributed by atoms with Crippen molar-refractivity contribution in [2.45, 2.75) is 31.9 Å². The Morgan fingerprint density at radius 1 is 1.19 bits per heavy atom. The van der Waals surface area contributed by atoms with Crippen molar-refractivity contribution < 1.29 is 27.8 Å². The molecule has 0 saturated heterocycles.